The molecule has 0 aliphatic carbocycles. The molecule has 0 aromatic heterocycles. The molecular formula is C65H127NO8. The van der Waals surface area contributed by atoms with Gasteiger partial charge in [-0.15, -0.1) is 0 Å². The monoisotopic (exact) mass is 1050 g/mol. The Morgan fingerprint density at radius 3 is 1.09 bits per heavy atom. The number of carbonyl (C=O) groups is 1. The minimum atomic E-state index is -1.55. The highest BCUT2D eigenvalue weighted by Gasteiger charge is 2.44. The molecule has 1 rings (SSSR count). The molecule has 0 aromatic rings. The van der Waals surface area contributed by atoms with E-state index in [9.17, 15) is 30.3 Å². The minimum absolute atomic E-state index is 0.133. The van der Waals surface area contributed by atoms with E-state index in [1.807, 2.05) is 0 Å². The number of nitrogens with one attached hydrogen (secondary N) is 1. The van der Waals surface area contributed by atoms with Gasteiger partial charge in [-0.3, -0.25) is 4.79 Å². The number of aliphatic hydroxyl groups is 5. The lowest BCUT2D eigenvalue weighted by atomic mass is 9.99. The smallest absolute Gasteiger partial charge is 0.220 e. The number of ether oxygens (including phenoxy) is 2. The van der Waals surface area contributed by atoms with Gasteiger partial charge in [-0.25, -0.2) is 0 Å². The van der Waals surface area contributed by atoms with Crippen LogP contribution in [-0.4, -0.2) is 87.5 Å². The lowest BCUT2D eigenvalue weighted by Gasteiger charge is -2.40. The van der Waals surface area contributed by atoms with Gasteiger partial charge in [-0.05, 0) is 38.5 Å². The maximum Gasteiger partial charge on any atom is 0.220 e. The Bertz CT molecular complexity index is 1170. The highest BCUT2D eigenvalue weighted by Crippen LogP contribution is 2.24. The van der Waals surface area contributed by atoms with Gasteiger partial charge in [0, 0.05) is 6.42 Å². The zero-order valence-electron chi connectivity index (χ0n) is 49.1. The second kappa shape index (κ2) is 55.3. The third kappa shape index (κ3) is 43.9. The zero-order valence-corrected chi connectivity index (χ0v) is 49.1. The number of amides is 1. The summed E-state index contributed by atoms with van der Waals surface area (Å²) in [6.45, 7) is 3.85. The number of hydrogen-bond acceptors (Lipinski definition) is 8. The van der Waals surface area contributed by atoms with Crippen molar-refractivity contribution in [1.29, 1.82) is 0 Å². The molecule has 0 spiro atoms. The van der Waals surface area contributed by atoms with Crippen molar-refractivity contribution >= 4 is 5.91 Å². The summed E-state index contributed by atoms with van der Waals surface area (Å²) in [7, 11) is 0. The molecule has 0 radical (unpaired) electrons. The first-order valence-corrected chi connectivity index (χ1v) is 32.9. The van der Waals surface area contributed by atoms with E-state index in [0.717, 1.165) is 38.5 Å². The first-order chi connectivity index (χ1) is 36.3. The normalized spacial score (nSPS) is 18.9. The number of hydrogen-bond donors (Lipinski definition) is 6. The van der Waals surface area contributed by atoms with E-state index in [4.69, 9.17) is 9.47 Å². The van der Waals surface area contributed by atoms with E-state index in [-0.39, 0.29) is 12.5 Å². The summed E-state index contributed by atoms with van der Waals surface area (Å²) < 4.78 is 11.3. The topological polar surface area (TPSA) is 149 Å². The number of carbonyl (C=O) groups excluding carboxylic acids is 1. The molecule has 440 valence electrons. The van der Waals surface area contributed by atoms with Crippen LogP contribution in [0.15, 0.2) is 12.2 Å². The Balaban J connectivity index is 1.95. The predicted octanol–water partition coefficient (Wildman–Crippen LogP) is 17.1. The van der Waals surface area contributed by atoms with Crippen LogP contribution in [0.2, 0.25) is 0 Å². The fraction of sp³-hybridized carbons (Fsp3) is 0.954. The van der Waals surface area contributed by atoms with E-state index in [1.165, 1.54) is 276 Å². The Kier molecular flexibility index (Phi) is 53.0. The molecule has 9 nitrogen and oxygen atoms in total. The van der Waals surface area contributed by atoms with Crippen LogP contribution < -0.4 is 5.32 Å². The first-order valence-electron chi connectivity index (χ1n) is 32.9. The van der Waals surface area contributed by atoms with E-state index in [2.05, 4.69) is 31.3 Å². The summed E-state index contributed by atoms with van der Waals surface area (Å²) in [5.41, 5.74) is 0. The van der Waals surface area contributed by atoms with Gasteiger partial charge >= 0.3 is 0 Å². The molecule has 1 aliphatic heterocycles. The lowest BCUT2D eigenvalue weighted by Crippen LogP contribution is -2.60. The standard InChI is InChI=1S/C65H127NO8/c1-3-5-7-9-11-13-15-16-17-18-19-20-21-22-23-24-25-26-27-28-29-30-31-32-33-34-35-36-37-38-39-40-41-42-43-44-45-47-49-51-53-55-61(69)66-58(57-73-65-64(72)63(71)62(70)60(56-67)74-65)59(68)54-52-50-48-46-14-12-10-8-6-4-2/h18-19,58-60,62-65,67-68,70-72H,3-17,20-57H2,1-2H3,(H,66,69)/b19-18-. The molecule has 6 N–H and O–H groups in total. The van der Waals surface area contributed by atoms with Gasteiger partial charge in [0.05, 0.1) is 25.4 Å². The van der Waals surface area contributed by atoms with Crippen molar-refractivity contribution in [3.05, 3.63) is 12.2 Å². The Hall–Kier alpha value is -1.07. The second-order valence-electron chi connectivity index (χ2n) is 23.3. The molecule has 1 amide bonds. The Morgan fingerprint density at radius 2 is 0.757 bits per heavy atom. The highest BCUT2D eigenvalue weighted by atomic mass is 16.7. The summed E-state index contributed by atoms with van der Waals surface area (Å²) in [6.07, 6.45) is 63.2. The number of unbranched alkanes of at least 4 members (excludes halogenated alkanes) is 46. The van der Waals surface area contributed by atoms with Crippen LogP contribution in [0, 0.1) is 0 Å². The van der Waals surface area contributed by atoms with Gasteiger partial charge < -0.3 is 40.3 Å². The van der Waals surface area contributed by atoms with Crippen molar-refractivity contribution in [3.63, 3.8) is 0 Å². The van der Waals surface area contributed by atoms with Crippen molar-refractivity contribution < 1.29 is 39.8 Å². The fourth-order valence-electron chi connectivity index (χ4n) is 10.9. The molecule has 9 heteroatoms. The predicted molar refractivity (Wildman–Crippen MR) is 314 cm³/mol. The molecule has 1 aliphatic rings. The van der Waals surface area contributed by atoms with Crippen molar-refractivity contribution in [2.24, 2.45) is 0 Å². The zero-order chi connectivity index (χ0) is 53.6. The van der Waals surface area contributed by atoms with E-state index in [0.29, 0.717) is 12.8 Å². The van der Waals surface area contributed by atoms with Crippen molar-refractivity contribution in [3.8, 4) is 0 Å². The summed E-state index contributed by atoms with van der Waals surface area (Å²) in [4.78, 5) is 13.0. The molecule has 7 atom stereocenters. The van der Waals surface area contributed by atoms with Crippen molar-refractivity contribution in [2.45, 2.75) is 384 Å². The van der Waals surface area contributed by atoms with Crippen LogP contribution in [0.5, 0.6) is 0 Å². The fourth-order valence-corrected chi connectivity index (χ4v) is 10.9. The molecule has 0 bridgehead atoms. The van der Waals surface area contributed by atoms with Crippen molar-refractivity contribution in [1.82, 2.24) is 5.32 Å². The average molecular weight is 1050 g/mol. The van der Waals surface area contributed by atoms with Crippen LogP contribution in [0.4, 0.5) is 0 Å². The number of allylic oxidation sites excluding steroid dienone is 2. The Morgan fingerprint density at radius 1 is 0.446 bits per heavy atom. The maximum absolute atomic E-state index is 13.0. The molecular weight excluding hydrogens is 923 g/mol. The summed E-state index contributed by atoms with van der Waals surface area (Å²) in [5, 5.41) is 54.5. The lowest BCUT2D eigenvalue weighted by molar-refractivity contribution is -0.302. The van der Waals surface area contributed by atoms with Gasteiger partial charge in [0.1, 0.15) is 24.4 Å². The van der Waals surface area contributed by atoms with Crippen molar-refractivity contribution in [2.75, 3.05) is 13.2 Å². The average Bonchev–Trinajstić information content (AvgIpc) is 3.40. The summed E-state index contributed by atoms with van der Waals surface area (Å²) in [5.74, 6) is -0.139. The van der Waals surface area contributed by atoms with Crippen LogP contribution >= 0.6 is 0 Å². The van der Waals surface area contributed by atoms with Crippen LogP contribution in [0.1, 0.15) is 341 Å². The van der Waals surface area contributed by atoms with Crippen LogP contribution in [-0.2, 0) is 14.3 Å². The van der Waals surface area contributed by atoms with Gasteiger partial charge in [0.25, 0.3) is 0 Å². The first kappa shape index (κ1) is 70.9. The molecule has 7 unspecified atom stereocenters. The van der Waals surface area contributed by atoms with Crippen LogP contribution in [0.3, 0.4) is 0 Å². The van der Waals surface area contributed by atoms with E-state index in [1.54, 1.807) is 0 Å². The molecule has 1 heterocycles. The minimum Gasteiger partial charge on any atom is -0.394 e. The second-order valence-corrected chi connectivity index (χ2v) is 23.3. The molecule has 1 saturated heterocycles. The molecule has 0 saturated carbocycles. The summed E-state index contributed by atoms with van der Waals surface area (Å²) in [6, 6.07) is -0.713. The quantitative estimate of drug-likeness (QED) is 0.0261. The van der Waals surface area contributed by atoms with Crippen LogP contribution in [0.25, 0.3) is 0 Å². The van der Waals surface area contributed by atoms with E-state index < -0.39 is 49.5 Å². The highest BCUT2D eigenvalue weighted by molar-refractivity contribution is 5.76. The Labute approximate surface area is 458 Å². The largest absolute Gasteiger partial charge is 0.394 e. The molecule has 0 aromatic carbocycles. The third-order valence-electron chi connectivity index (χ3n) is 16.1. The number of rotatable bonds is 58. The molecule has 74 heavy (non-hydrogen) atoms. The van der Waals surface area contributed by atoms with Gasteiger partial charge in [-0.2, -0.15) is 0 Å². The number of aliphatic hydroxyl groups excluding tert-OH is 5. The molecule has 1 fully saturated rings. The SMILES string of the molecule is CCCCCCCCCC/C=C\CCCCCCCCCCCCCCCCCCCCCCCCCCCCCCCC(=O)NC(COC1OC(CO)C(O)C(O)C1O)C(O)CCCCCCCCCCCC. The maximum atomic E-state index is 13.0. The third-order valence-corrected chi connectivity index (χ3v) is 16.1. The van der Waals surface area contributed by atoms with Gasteiger partial charge in [0.2, 0.25) is 5.91 Å². The summed E-state index contributed by atoms with van der Waals surface area (Å²) >= 11 is 0. The van der Waals surface area contributed by atoms with E-state index >= 15 is 0 Å². The van der Waals surface area contributed by atoms with Gasteiger partial charge in [0.15, 0.2) is 6.29 Å². The van der Waals surface area contributed by atoms with Gasteiger partial charge in [-0.1, -0.05) is 309 Å².